The molecule has 0 aliphatic heterocycles. The monoisotopic (exact) mass is 350 g/mol. The highest BCUT2D eigenvalue weighted by atomic mass is 32.1. The van der Waals surface area contributed by atoms with E-state index in [0.29, 0.717) is 10.8 Å². The highest BCUT2D eigenvalue weighted by molar-refractivity contribution is 7.80. The van der Waals surface area contributed by atoms with Crippen molar-refractivity contribution in [3.8, 4) is 0 Å². The average molecular weight is 350 g/mol. The smallest absolute Gasteiger partial charge is 0.175 e. The van der Waals surface area contributed by atoms with E-state index in [1.807, 2.05) is 54.6 Å². The molecule has 4 nitrogen and oxygen atoms in total. The molecule has 0 saturated carbocycles. The first-order chi connectivity index (χ1) is 12.2. The van der Waals surface area contributed by atoms with Crippen LogP contribution in [0.4, 0.5) is 27.1 Å². The Labute approximate surface area is 150 Å². The van der Waals surface area contributed by atoms with Gasteiger partial charge in [-0.2, -0.15) is 10.2 Å². The van der Waals surface area contributed by atoms with Crippen LogP contribution >= 0.6 is 12.2 Å². The second kappa shape index (κ2) is 8.12. The van der Waals surface area contributed by atoms with E-state index in [-0.39, 0.29) is 5.82 Å². The Bertz CT molecular complexity index is 879. The van der Waals surface area contributed by atoms with Gasteiger partial charge in [-0.25, -0.2) is 4.39 Å². The molecule has 25 heavy (non-hydrogen) atoms. The van der Waals surface area contributed by atoms with Crippen LogP contribution in [0.1, 0.15) is 0 Å². The number of halogens is 1. The zero-order valence-electron chi connectivity index (χ0n) is 13.2. The third-order valence-electron chi connectivity index (χ3n) is 3.24. The fraction of sp³-hybridized carbons (Fsp3) is 0. The van der Waals surface area contributed by atoms with Gasteiger partial charge >= 0.3 is 0 Å². The lowest BCUT2D eigenvalue weighted by atomic mass is 10.3. The van der Waals surface area contributed by atoms with Crippen molar-refractivity contribution >= 4 is 40.1 Å². The number of benzene rings is 3. The summed E-state index contributed by atoms with van der Waals surface area (Å²) in [7, 11) is 0. The third-order valence-corrected chi connectivity index (χ3v) is 3.45. The Kier molecular flexibility index (Phi) is 5.43. The van der Waals surface area contributed by atoms with E-state index in [0.717, 1.165) is 17.1 Å². The van der Waals surface area contributed by atoms with Crippen LogP contribution in [0.3, 0.4) is 0 Å². The molecule has 0 fully saturated rings. The molecule has 0 atom stereocenters. The van der Waals surface area contributed by atoms with Crippen molar-refractivity contribution in [2.45, 2.75) is 0 Å². The summed E-state index contributed by atoms with van der Waals surface area (Å²) in [5, 5.41) is 14.7. The van der Waals surface area contributed by atoms with Crippen LogP contribution in [0.2, 0.25) is 0 Å². The zero-order chi connectivity index (χ0) is 17.5. The van der Waals surface area contributed by atoms with Gasteiger partial charge in [-0.05, 0) is 66.8 Å². The van der Waals surface area contributed by atoms with Crippen LogP contribution in [-0.4, -0.2) is 5.11 Å². The summed E-state index contributed by atoms with van der Waals surface area (Å²) in [5.74, 6) is -0.319. The number of hydrogen-bond donors (Lipinski definition) is 2. The highest BCUT2D eigenvalue weighted by Gasteiger charge is 2.00. The molecule has 3 aromatic rings. The molecule has 0 unspecified atom stereocenters. The molecular formula is C19H15FN4S. The van der Waals surface area contributed by atoms with E-state index in [1.165, 1.54) is 12.1 Å². The third kappa shape index (κ3) is 5.19. The normalized spacial score (nSPS) is 10.6. The Balaban J connectivity index is 1.58. The quantitative estimate of drug-likeness (QED) is 0.445. The predicted molar refractivity (Wildman–Crippen MR) is 103 cm³/mol. The summed E-state index contributed by atoms with van der Waals surface area (Å²) >= 11 is 5.22. The van der Waals surface area contributed by atoms with Gasteiger partial charge in [0.05, 0.1) is 11.4 Å². The molecule has 2 N–H and O–H groups in total. The topological polar surface area (TPSA) is 48.8 Å². The van der Waals surface area contributed by atoms with E-state index >= 15 is 0 Å². The molecule has 0 spiro atoms. The van der Waals surface area contributed by atoms with Crippen LogP contribution in [-0.2, 0) is 0 Å². The summed E-state index contributed by atoms with van der Waals surface area (Å²) in [6, 6.07) is 23.0. The standard InChI is InChI=1S/C19H15FN4S/c20-14-5-4-8-18(13-14)22-19(25)21-15-9-11-17(12-10-15)24-23-16-6-2-1-3-7-16/h1-13H,(H2,21,22,25). The van der Waals surface area contributed by atoms with Gasteiger partial charge in [-0.3, -0.25) is 0 Å². The number of nitrogens with one attached hydrogen (secondary N) is 2. The van der Waals surface area contributed by atoms with Crippen molar-refractivity contribution in [2.75, 3.05) is 10.6 Å². The van der Waals surface area contributed by atoms with Crippen molar-refractivity contribution < 1.29 is 4.39 Å². The van der Waals surface area contributed by atoms with Crippen LogP contribution in [0, 0.1) is 5.82 Å². The molecule has 0 saturated heterocycles. The Morgan fingerprint density at radius 3 is 2.04 bits per heavy atom. The summed E-state index contributed by atoms with van der Waals surface area (Å²) in [6.07, 6.45) is 0. The van der Waals surface area contributed by atoms with Crippen molar-refractivity contribution in [1.29, 1.82) is 0 Å². The van der Waals surface area contributed by atoms with Crippen molar-refractivity contribution in [1.82, 2.24) is 0 Å². The largest absolute Gasteiger partial charge is 0.332 e. The van der Waals surface area contributed by atoms with Gasteiger partial charge in [0.15, 0.2) is 5.11 Å². The number of azo groups is 1. The first-order valence-corrected chi connectivity index (χ1v) is 8.00. The van der Waals surface area contributed by atoms with E-state index in [9.17, 15) is 4.39 Å². The Hall–Kier alpha value is -3.12. The maximum atomic E-state index is 13.2. The van der Waals surface area contributed by atoms with Gasteiger partial charge in [0, 0.05) is 11.4 Å². The summed E-state index contributed by atoms with van der Waals surface area (Å²) in [4.78, 5) is 0. The molecule has 3 rings (SSSR count). The fourth-order valence-corrected chi connectivity index (χ4v) is 2.32. The summed E-state index contributed by atoms with van der Waals surface area (Å²) in [6.45, 7) is 0. The molecular weight excluding hydrogens is 335 g/mol. The van der Waals surface area contributed by atoms with Crippen LogP contribution in [0.5, 0.6) is 0 Å². The maximum Gasteiger partial charge on any atom is 0.175 e. The summed E-state index contributed by atoms with van der Waals surface area (Å²) in [5.41, 5.74) is 2.92. The molecule has 0 aliphatic rings. The van der Waals surface area contributed by atoms with Gasteiger partial charge in [-0.1, -0.05) is 24.3 Å². The van der Waals surface area contributed by atoms with Crippen molar-refractivity contribution in [3.05, 3.63) is 84.7 Å². The first kappa shape index (κ1) is 16.7. The van der Waals surface area contributed by atoms with Gasteiger partial charge in [0.1, 0.15) is 5.82 Å². The summed E-state index contributed by atoms with van der Waals surface area (Å²) < 4.78 is 13.2. The highest BCUT2D eigenvalue weighted by Crippen LogP contribution is 2.20. The molecule has 0 bridgehead atoms. The minimum absolute atomic E-state index is 0.319. The molecule has 0 aliphatic carbocycles. The number of anilines is 2. The average Bonchev–Trinajstić information content (AvgIpc) is 2.62. The number of rotatable bonds is 4. The predicted octanol–water partition coefficient (Wildman–Crippen LogP) is 6.05. The lowest BCUT2D eigenvalue weighted by Crippen LogP contribution is -2.18. The lowest BCUT2D eigenvalue weighted by Gasteiger charge is -2.10. The molecule has 0 amide bonds. The molecule has 0 heterocycles. The Morgan fingerprint density at radius 1 is 0.720 bits per heavy atom. The van der Waals surface area contributed by atoms with Crippen LogP contribution in [0.25, 0.3) is 0 Å². The SMILES string of the molecule is Fc1cccc(NC(=S)Nc2ccc(N=Nc3ccccc3)cc2)c1. The minimum Gasteiger partial charge on any atom is -0.332 e. The van der Waals surface area contributed by atoms with Crippen LogP contribution in [0.15, 0.2) is 89.1 Å². The van der Waals surface area contributed by atoms with Gasteiger partial charge in [0.2, 0.25) is 0 Å². The second-order valence-electron chi connectivity index (χ2n) is 5.17. The number of hydrogen-bond acceptors (Lipinski definition) is 3. The lowest BCUT2D eigenvalue weighted by molar-refractivity contribution is 0.628. The molecule has 6 heteroatoms. The first-order valence-electron chi connectivity index (χ1n) is 7.59. The maximum absolute atomic E-state index is 13.2. The molecule has 124 valence electrons. The van der Waals surface area contributed by atoms with Crippen molar-refractivity contribution in [3.63, 3.8) is 0 Å². The zero-order valence-corrected chi connectivity index (χ0v) is 14.0. The molecule has 0 aromatic heterocycles. The van der Waals surface area contributed by atoms with Crippen LogP contribution < -0.4 is 10.6 Å². The second-order valence-corrected chi connectivity index (χ2v) is 5.58. The minimum atomic E-state index is -0.319. The Morgan fingerprint density at radius 2 is 1.36 bits per heavy atom. The van der Waals surface area contributed by atoms with Gasteiger partial charge in [0.25, 0.3) is 0 Å². The van der Waals surface area contributed by atoms with E-state index in [4.69, 9.17) is 12.2 Å². The molecule has 3 aromatic carbocycles. The van der Waals surface area contributed by atoms with Gasteiger partial charge < -0.3 is 10.6 Å². The van der Waals surface area contributed by atoms with E-state index in [1.54, 1.807) is 12.1 Å². The van der Waals surface area contributed by atoms with Crippen molar-refractivity contribution in [2.24, 2.45) is 10.2 Å². The van der Waals surface area contributed by atoms with E-state index in [2.05, 4.69) is 20.9 Å². The number of thiocarbonyl (C=S) groups is 1. The fourth-order valence-electron chi connectivity index (χ4n) is 2.08. The van der Waals surface area contributed by atoms with E-state index < -0.39 is 0 Å². The van der Waals surface area contributed by atoms with Gasteiger partial charge in [-0.15, -0.1) is 0 Å². The number of nitrogens with zero attached hydrogens (tertiary/aromatic N) is 2. The molecule has 0 radical (unpaired) electrons.